The van der Waals surface area contributed by atoms with Gasteiger partial charge in [-0.15, -0.1) is 0 Å². The van der Waals surface area contributed by atoms with Crippen LogP contribution in [0.1, 0.15) is 50.2 Å². The first-order chi connectivity index (χ1) is 19.9. The third-order valence-corrected chi connectivity index (χ3v) is 8.04. The van der Waals surface area contributed by atoms with Crippen molar-refractivity contribution >= 4 is 34.8 Å². The number of carbonyl (C=O) groups is 2. The molecule has 0 bridgehead atoms. The number of hydrogen-bond donors (Lipinski definition) is 2. The molecule has 1 amide bonds. The molecule has 2 fully saturated rings. The zero-order chi connectivity index (χ0) is 28.5. The predicted molar refractivity (Wildman–Crippen MR) is 162 cm³/mol. The Labute approximate surface area is 244 Å². The highest BCUT2D eigenvalue weighted by Crippen LogP contribution is 2.26. The van der Waals surface area contributed by atoms with E-state index in [0.717, 1.165) is 67.4 Å². The molecule has 210 valence electrons. The maximum absolute atomic E-state index is 13.5. The topological polar surface area (TPSA) is 96.5 Å². The number of anilines is 2. The van der Waals surface area contributed by atoms with E-state index < -0.39 is 0 Å². The summed E-state index contributed by atoms with van der Waals surface area (Å²) < 4.78 is 1.54. The van der Waals surface area contributed by atoms with Gasteiger partial charge >= 0.3 is 0 Å². The van der Waals surface area contributed by atoms with Crippen LogP contribution in [-0.4, -0.2) is 58.6 Å². The number of piperazine rings is 1. The normalized spacial score (nSPS) is 15.6. The second kappa shape index (κ2) is 11.4. The molecule has 9 heteroatoms. The zero-order valence-corrected chi connectivity index (χ0v) is 23.8. The molecule has 3 N–H and O–H groups in total. The summed E-state index contributed by atoms with van der Waals surface area (Å²) in [6.07, 6.45) is 3.55. The second-order valence-electron chi connectivity index (χ2n) is 10.9. The van der Waals surface area contributed by atoms with E-state index in [1.54, 1.807) is 16.8 Å². The Morgan fingerprint density at radius 2 is 1.76 bits per heavy atom. The molecule has 1 saturated heterocycles. The second-order valence-corrected chi connectivity index (χ2v) is 11.3. The lowest BCUT2D eigenvalue weighted by molar-refractivity contribution is 0.0950. The van der Waals surface area contributed by atoms with Gasteiger partial charge in [0.15, 0.2) is 5.78 Å². The summed E-state index contributed by atoms with van der Waals surface area (Å²) in [5, 5.41) is 8.20. The van der Waals surface area contributed by atoms with E-state index >= 15 is 0 Å². The van der Waals surface area contributed by atoms with Crippen molar-refractivity contribution in [2.75, 3.05) is 36.8 Å². The first kappa shape index (κ1) is 27.1. The van der Waals surface area contributed by atoms with Crippen LogP contribution < -0.4 is 16.0 Å². The first-order valence-electron chi connectivity index (χ1n) is 14.0. The van der Waals surface area contributed by atoms with Gasteiger partial charge in [-0.1, -0.05) is 41.9 Å². The molecule has 6 rings (SSSR count). The van der Waals surface area contributed by atoms with Gasteiger partial charge in [-0.2, -0.15) is 5.10 Å². The number of halogens is 1. The number of nitrogens with two attached hydrogens (primary N) is 1. The molecule has 1 saturated carbocycles. The van der Waals surface area contributed by atoms with E-state index in [1.807, 2.05) is 49.4 Å². The Morgan fingerprint density at radius 1 is 0.976 bits per heavy atom. The van der Waals surface area contributed by atoms with Crippen LogP contribution in [0.2, 0.25) is 5.02 Å². The number of carbonyl (C=O) groups excluding carboxylic acids is 2. The van der Waals surface area contributed by atoms with Gasteiger partial charge in [-0.25, -0.2) is 4.68 Å². The quantitative estimate of drug-likeness (QED) is 0.295. The summed E-state index contributed by atoms with van der Waals surface area (Å²) in [5.74, 6) is -0.0412. The van der Waals surface area contributed by atoms with Gasteiger partial charge in [-0.3, -0.25) is 14.5 Å². The molecule has 0 spiro atoms. The highest BCUT2D eigenvalue weighted by atomic mass is 35.5. The van der Waals surface area contributed by atoms with Crippen molar-refractivity contribution in [3.8, 4) is 5.69 Å². The Balaban J connectivity index is 1.14. The van der Waals surface area contributed by atoms with Crippen molar-refractivity contribution in [3.63, 3.8) is 0 Å². The van der Waals surface area contributed by atoms with E-state index in [-0.39, 0.29) is 23.6 Å². The number of nitrogens with one attached hydrogen (secondary N) is 1. The van der Waals surface area contributed by atoms with Crippen molar-refractivity contribution in [2.24, 2.45) is 0 Å². The molecule has 0 atom stereocenters. The smallest absolute Gasteiger partial charge is 0.251 e. The lowest BCUT2D eigenvalue weighted by atomic mass is 10.0. The van der Waals surface area contributed by atoms with Crippen LogP contribution in [0.15, 0.2) is 72.9 Å². The molecule has 4 aromatic rings. The van der Waals surface area contributed by atoms with Crippen LogP contribution in [0.4, 0.5) is 11.5 Å². The van der Waals surface area contributed by atoms with E-state index in [4.69, 9.17) is 17.3 Å². The van der Waals surface area contributed by atoms with E-state index in [9.17, 15) is 9.59 Å². The largest absolute Gasteiger partial charge is 0.383 e. The molecule has 8 nitrogen and oxygen atoms in total. The molecule has 2 aliphatic rings. The minimum Gasteiger partial charge on any atom is -0.383 e. The average molecular weight is 569 g/mol. The fourth-order valence-electron chi connectivity index (χ4n) is 5.26. The maximum Gasteiger partial charge on any atom is 0.251 e. The fraction of sp³-hybridized carbons (Fsp3) is 0.281. The SMILES string of the molecule is Cc1ccc(C(=O)NC2CC2)cc1-n1ncc(C(=O)c2cccc(CN3CCN(c4cccc(Cl)c4)CC3)c2)c1N. The van der Waals surface area contributed by atoms with Crippen LogP contribution in [0.3, 0.4) is 0 Å². The van der Waals surface area contributed by atoms with E-state index in [1.165, 1.54) is 6.20 Å². The average Bonchev–Trinajstić information content (AvgIpc) is 3.72. The lowest BCUT2D eigenvalue weighted by Crippen LogP contribution is -2.45. The van der Waals surface area contributed by atoms with Crippen molar-refractivity contribution in [1.29, 1.82) is 0 Å². The molecule has 2 heterocycles. The summed E-state index contributed by atoms with van der Waals surface area (Å²) >= 11 is 6.18. The first-order valence-corrected chi connectivity index (χ1v) is 14.4. The van der Waals surface area contributed by atoms with Crippen LogP contribution in [0.25, 0.3) is 5.69 Å². The molecular formula is C32H33ClN6O2. The van der Waals surface area contributed by atoms with Crippen molar-refractivity contribution in [1.82, 2.24) is 20.0 Å². The van der Waals surface area contributed by atoms with Crippen LogP contribution in [0.5, 0.6) is 0 Å². The summed E-state index contributed by atoms with van der Waals surface area (Å²) in [6.45, 7) is 6.35. The van der Waals surface area contributed by atoms with Crippen LogP contribution >= 0.6 is 11.6 Å². The Kier molecular flexibility index (Phi) is 7.51. The van der Waals surface area contributed by atoms with Crippen LogP contribution in [-0.2, 0) is 6.54 Å². The number of nitrogen functional groups attached to an aromatic ring is 1. The number of rotatable bonds is 8. The number of nitrogens with zero attached hydrogens (tertiary/aromatic N) is 4. The van der Waals surface area contributed by atoms with Gasteiger partial charge in [0, 0.05) is 60.6 Å². The molecule has 0 radical (unpaired) electrons. The van der Waals surface area contributed by atoms with Gasteiger partial charge < -0.3 is 16.0 Å². The highest BCUT2D eigenvalue weighted by molar-refractivity contribution is 6.30. The van der Waals surface area contributed by atoms with Crippen molar-refractivity contribution in [2.45, 2.75) is 32.4 Å². The molecular weight excluding hydrogens is 536 g/mol. The standard InChI is InChI=1S/C32H33ClN6O2/c1-21-8-9-24(32(41)36-26-10-11-26)17-29(21)39-31(34)28(19-35-39)30(40)23-5-2-4-22(16-23)20-37-12-14-38(15-13-37)27-7-3-6-25(33)18-27/h2-9,16-19,26H,10-15,20,34H2,1H3,(H,36,41). The van der Waals surface area contributed by atoms with Gasteiger partial charge in [0.05, 0.1) is 17.4 Å². The van der Waals surface area contributed by atoms with Crippen LogP contribution in [0, 0.1) is 6.92 Å². The third-order valence-electron chi connectivity index (χ3n) is 7.80. The van der Waals surface area contributed by atoms with Gasteiger partial charge in [0.2, 0.25) is 0 Å². The number of amides is 1. The van der Waals surface area contributed by atoms with Gasteiger partial charge in [0.1, 0.15) is 5.82 Å². The number of aryl methyl sites for hydroxylation is 1. The van der Waals surface area contributed by atoms with E-state index in [0.29, 0.717) is 22.4 Å². The van der Waals surface area contributed by atoms with Crippen molar-refractivity contribution in [3.05, 3.63) is 106 Å². The Morgan fingerprint density at radius 3 is 2.51 bits per heavy atom. The summed E-state index contributed by atoms with van der Waals surface area (Å²) in [6, 6.07) is 21.4. The van der Waals surface area contributed by atoms with Crippen molar-refractivity contribution < 1.29 is 9.59 Å². The minimum atomic E-state index is -0.179. The Hall–Kier alpha value is -4.14. The maximum atomic E-state index is 13.5. The molecule has 1 aliphatic heterocycles. The number of benzene rings is 3. The fourth-order valence-corrected chi connectivity index (χ4v) is 5.45. The number of aromatic nitrogens is 2. The molecule has 1 aromatic heterocycles. The summed E-state index contributed by atoms with van der Waals surface area (Å²) in [4.78, 5) is 30.9. The third kappa shape index (κ3) is 5.99. The molecule has 3 aromatic carbocycles. The number of hydrogen-bond acceptors (Lipinski definition) is 6. The minimum absolute atomic E-state index is 0.113. The van der Waals surface area contributed by atoms with Gasteiger partial charge in [0.25, 0.3) is 5.91 Å². The summed E-state index contributed by atoms with van der Waals surface area (Å²) in [5.41, 5.74) is 11.7. The predicted octanol–water partition coefficient (Wildman–Crippen LogP) is 4.86. The zero-order valence-electron chi connectivity index (χ0n) is 23.0. The molecule has 0 unspecified atom stereocenters. The summed E-state index contributed by atoms with van der Waals surface area (Å²) in [7, 11) is 0. The molecule has 41 heavy (non-hydrogen) atoms. The van der Waals surface area contributed by atoms with E-state index in [2.05, 4.69) is 32.3 Å². The number of ketones is 1. The lowest BCUT2D eigenvalue weighted by Gasteiger charge is -2.36. The highest BCUT2D eigenvalue weighted by Gasteiger charge is 2.25. The van der Waals surface area contributed by atoms with Gasteiger partial charge in [-0.05, 0) is 67.3 Å². The Bertz CT molecular complexity index is 1600. The monoisotopic (exact) mass is 568 g/mol. The molecule has 1 aliphatic carbocycles.